The van der Waals surface area contributed by atoms with Crippen molar-refractivity contribution >= 4 is 10.0 Å². The summed E-state index contributed by atoms with van der Waals surface area (Å²) in [5.74, 6) is 0.119. The third-order valence-corrected chi connectivity index (χ3v) is 9.15. The van der Waals surface area contributed by atoms with Gasteiger partial charge in [0.05, 0.1) is 28.4 Å². The summed E-state index contributed by atoms with van der Waals surface area (Å²) in [5, 5.41) is 11.4. The van der Waals surface area contributed by atoms with Gasteiger partial charge in [-0.2, -0.15) is 27.7 Å². The number of halogens is 3. The van der Waals surface area contributed by atoms with Crippen molar-refractivity contribution in [3.8, 4) is 5.69 Å². The van der Waals surface area contributed by atoms with Crippen LogP contribution in [-0.2, 0) is 22.6 Å². The largest absolute Gasteiger partial charge is 0.416 e. The van der Waals surface area contributed by atoms with Crippen LogP contribution < -0.4 is 0 Å². The summed E-state index contributed by atoms with van der Waals surface area (Å²) in [5.41, 5.74) is 2.90. The van der Waals surface area contributed by atoms with Gasteiger partial charge < -0.3 is 0 Å². The molecule has 2 bridgehead atoms. The zero-order chi connectivity index (χ0) is 25.1. The third kappa shape index (κ3) is 3.82. The van der Waals surface area contributed by atoms with Crippen LogP contribution in [0, 0.1) is 0 Å². The van der Waals surface area contributed by atoms with Crippen molar-refractivity contribution < 1.29 is 21.6 Å². The van der Waals surface area contributed by atoms with Crippen molar-refractivity contribution in [2.45, 2.75) is 48.3 Å². The molecule has 4 aromatic rings. The number of aromatic amines is 1. The van der Waals surface area contributed by atoms with Gasteiger partial charge in [0.1, 0.15) is 0 Å². The molecular weight excluding hydrogens is 491 g/mol. The zero-order valence-corrected chi connectivity index (χ0v) is 19.7. The first-order valence-corrected chi connectivity index (χ1v) is 13.0. The Morgan fingerprint density at radius 3 is 2.42 bits per heavy atom. The molecule has 11 heteroatoms. The first-order chi connectivity index (χ1) is 17.2. The number of hydrogen-bond donors (Lipinski definition) is 1. The van der Waals surface area contributed by atoms with Gasteiger partial charge in [0, 0.05) is 36.1 Å². The minimum atomic E-state index is -4.53. The number of nitrogens with zero attached hydrogens (tertiary/aromatic N) is 4. The van der Waals surface area contributed by atoms with Crippen molar-refractivity contribution in [1.29, 1.82) is 0 Å². The fraction of sp³-hybridized carbons (Fsp3) is 0.280. The first kappa shape index (κ1) is 23.0. The highest BCUT2D eigenvalue weighted by molar-refractivity contribution is 7.89. The van der Waals surface area contributed by atoms with Gasteiger partial charge in [-0.05, 0) is 66.8 Å². The van der Waals surface area contributed by atoms with Crippen molar-refractivity contribution in [2.75, 3.05) is 0 Å². The highest BCUT2D eigenvalue weighted by Crippen LogP contribution is 2.49. The number of hydrogen-bond acceptors (Lipinski definition) is 4. The Labute approximate surface area is 205 Å². The monoisotopic (exact) mass is 513 g/mol. The third-order valence-electron chi connectivity index (χ3n) is 7.17. The lowest BCUT2D eigenvalue weighted by Gasteiger charge is -2.47. The second kappa shape index (κ2) is 8.31. The molecule has 1 N–H and O–H groups in total. The molecule has 0 spiro atoms. The maximum atomic E-state index is 13.7. The highest BCUT2D eigenvalue weighted by Gasteiger charge is 2.48. The number of H-pyrrole nitrogens is 1. The molecule has 0 saturated carbocycles. The average Bonchev–Trinajstić information content (AvgIpc) is 3.55. The van der Waals surface area contributed by atoms with E-state index in [1.54, 1.807) is 17.1 Å². The number of nitrogens with one attached hydrogen (secondary N) is 1. The number of rotatable bonds is 4. The number of aromatic nitrogens is 4. The van der Waals surface area contributed by atoms with Crippen LogP contribution in [-0.4, -0.2) is 38.7 Å². The molecule has 2 aliphatic heterocycles. The molecule has 0 aliphatic carbocycles. The van der Waals surface area contributed by atoms with Gasteiger partial charge in [-0.15, -0.1) is 0 Å². The van der Waals surface area contributed by atoms with E-state index in [0.717, 1.165) is 46.8 Å². The van der Waals surface area contributed by atoms with E-state index in [1.807, 2.05) is 36.5 Å². The molecular formula is C25H22F3N5O2S. The van der Waals surface area contributed by atoms with Crippen LogP contribution in [0.1, 0.15) is 47.2 Å². The Bertz CT molecular complexity index is 1480. The normalized spacial score (nSPS) is 22.4. The maximum Gasteiger partial charge on any atom is 0.416 e. The van der Waals surface area contributed by atoms with Gasteiger partial charge >= 0.3 is 6.18 Å². The number of piperidine rings is 1. The summed E-state index contributed by atoms with van der Waals surface area (Å²) in [6, 6.07) is 12.9. The maximum absolute atomic E-state index is 13.7. The molecule has 7 nitrogen and oxygen atoms in total. The lowest BCUT2D eigenvalue weighted by Crippen LogP contribution is -2.51. The highest BCUT2D eigenvalue weighted by atomic mass is 32.2. The molecule has 3 atom stereocenters. The van der Waals surface area contributed by atoms with E-state index in [-0.39, 0.29) is 16.9 Å². The summed E-state index contributed by atoms with van der Waals surface area (Å²) in [4.78, 5) is -0.139. The van der Waals surface area contributed by atoms with Crippen molar-refractivity contribution in [1.82, 2.24) is 24.3 Å². The van der Waals surface area contributed by atoms with Gasteiger partial charge in [0.2, 0.25) is 10.0 Å². The zero-order valence-electron chi connectivity index (χ0n) is 18.9. The van der Waals surface area contributed by atoms with Crippen LogP contribution >= 0.6 is 0 Å². The molecule has 1 saturated heterocycles. The predicted molar refractivity (Wildman–Crippen MR) is 125 cm³/mol. The van der Waals surface area contributed by atoms with E-state index in [4.69, 9.17) is 0 Å². The number of benzene rings is 2. The first-order valence-electron chi connectivity index (χ1n) is 11.5. The fourth-order valence-corrected chi connectivity index (χ4v) is 7.31. The quantitative estimate of drug-likeness (QED) is 0.423. The molecule has 0 amide bonds. The van der Waals surface area contributed by atoms with Crippen LogP contribution in [0.4, 0.5) is 13.2 Å². The Hall–Kier alpha value is -3.44. The summed E-state index contributed by atoms with van der Waals surface area (Å²) < 4.78 is 69.8. The summed E-state index contributed by atoms with van der Waals surface area (Å²) in [6.45, 7) is 0. The van der Waals surface area contributed by atoms with Crippen LogP contribution in [0.5, 0.6) is 0 Å². The average molecular weight is 514 g/mol. The molecule has 2 aliphatic rings. The van der Waals surface area contributed by atoms with Crippen molar-refractivity contribution in [3.63, 3.8) is 0 Å². The summed E-state index contributed by atoms with van der Waals surface area (Å²) >= 11 is 0. The van der Waals surface area contributed by atoms with Gasteiger partial charge in [-0.1, -0.05) is 12.1 Å². The standard InChI is InChI=1S/C25H22F3N5O2S/c26-25(27,28)18-4-8-21(9-5-18)36(34,35)33-20-12-17(13-24(33)22-15-29-31-23(22)14-20)16-2-6-19(7-3-16)32-11-1-10-30-32/h1-11,15,17,20,24H,12-14H2,(H,29,31). The topological polar surface area (TPSA) is 83.9 Å². The molecule has 6 rings (SSSR count). The van der Waals surface area contributed by atoms with E-state index < -0.39 is 27.8 Å². The van der Waals surface area contributed by atoms with E-state index in [9.17, 15) is 21.6 Å². The van der Waals surface area contributed by atoms with Crippen molar-refractivity contribution in [2.24, 2.45) is 0 Å². The minimum Gasteiger partial charge on any atom is -0.282 e. The molecule has 2 aromatic heterocycles. The summed E-state index contributed by atoms with van der Waals surface area (Å²) in [6.07, 6.45) is 2.31. The minimum absolute atomic E-state index is 0.119. The Morgan fingerprint density at radius 1 is 1.00 bits per heavy atom. The molecule has 0 radical (unpaired) electrons. The van der Waals surface area contributed by atoms with Gasteiger partial charge in [0.25, 0.3) is 0 Å². The van der Waals surface area contributed by atoms with Crippen LogP contribution in [0.25, 0.3) is 5.69 Å². The molecule has 2 aromatic carbocycles. The Kier molecular flexibility index (Phi) is 5.31. The Morgan fingerprint density at radius 2 is 1.75 bits per heavy atom. The number of alkyl halides is 3. The molecule has 186 valence electrons. The van der Waals surface area contributed by atoms with E-state index in [2.05, 4.69) is 15.3 Å². The van der Waals surface area contributed by atoms with Gasteiger partial charge in [-0.25, -0.2) is 13.1 Å². The number of fused-ring (bicyclic) bond motifs is 4. The molecule has 36 heavy (non-hydrogen) atoms. The SMILES string of the molecule is O=S(=O)(c1ccc(C(F)(F)F)cc1)N1C2Cc3[nH]ncc3C1CC(c1ccc(-n3cccn3)cc1)C2. The predicted octanol–water partition coefficient (Wildman–Crippen LogP) is 4.85. The Balaban J connectivity index is 1.33. The van der Waals surface area contributed by atoms with E-state index >= 15 is 0 Å². The van der Waals surface area contributed by atoms with E-state index in [1.165, 1.54) is 4.31 Å². The lowest BCUT2D eigenvalue weighted by atomic mass is 9.76. The summed E-state index contributed by atoms with van der Waals surface area (Å²) in [7, 11) is -4.03. The van der Waals surface area contributed by atoms with Crippen LogP contribution in [0.3, 0.4) is 0 Å². The van der Waals surface area contributed by atoms with Crippen LogP contribution in [0.15, 0.2) is 78.1 Å². The smallest absolute Gasteiger partial charge is 0.282 e. The van der Waals surface area contributed by atoms with Gasteiger partial charge in [-0.3, -0.25) is 5.10 Å². The molecule has 3 unspecified atom stereocenters. The van der Waals surface area contributed by atoms with Gasteiger partial charge in [0.15, 0.2) is 0 Å². The number of sulfonamides is 1. The fourth-order valence-electron chi connectivity index (χ4n) is 5.50. The lowest BCUT2D eigenvalue weighted by molar-refractivity contribution is -0.137. The second-order valence-corrected chi connectivity index (χ2v) is 11.1. The molecule has 1 fully saturated rings. The van der Waals surface area contributed by atoms with Crippen molar-refractivity contribution in [3.05, 3.63) is 95.6 Å². The second-order valence-electron chi connectivity index (χ2n) is 9.25. The molecule has 4 heterocycles. The van der Waals surface area contributed by atoms with E-state index in [0.29, 0.717) is 19.3 Å². The van der Waals surface area contributed by atoms with Crippen LogP contribution in [0.2, 0.25) is 0 Å².